The second-order valence-electron chi connectivity index (χ2n) is 4.47. The molecule has 0 saturated carbocycles. The van der Waals surface area contributed by atoms with Crippen LogP contribution < -0.4 is 5.32 Å². The number of nitrogens with zero attached hydrogens (tertiary/aromatic N) is 2. The number of aromatic carboxylic acids is 1. The molecule has 2 aromatic rings. The van der Waals surface area contributed by atoms with Crippen LogP contribution >= 0.6 is 11.3 Å². The Hall–Kier alpha value is -2.48. The fourth-order valence-corrected chi connectivity index (χ4v) is 2.58. The number of aromatic nitrogens is 1. The van der Waals surface area contributed by atoms with Gasteiger partial charge in [0.1, 0.15) is 10.7 Å². The van der Waals surface area contributed by atoms with Gasteiger partial charge in [-0.15, -0.1) is 11.3 Å². The molecule has 2 rings (SSSR count). The Kier molecular flexibility index (Phi) is 4.18. The molecule has 1 unspecified atom stereocenters. The van der Waals surface area contributed by atoms with E-state index in [9.17, 15) is 14.9 Å². The number of hydrogen-bond acceptors (Lipinski definition) is 6. The Morgan fingerprint density at radius 2 is 2.24 bits per heavy atom. The topological polar surface area (TPSA) is 105 Å². The maximum absolute atomic E-state index is 11.1. The summed E-state index contributed by atoms with van der Waals surface area (Å²) >= 11 is 1.50. The van der Waals surface area contributed by atoms with E-state index in [0.717, 1.165) is 16.0 Å². The van der Waals surface area contributed by atoms with Crippen molar-refractivity contribution in [1.82, 2.24) is 4.98 Å². The number of aryl methyl sites for hydroxylation is 1. The summed E-state index contributed by atoms with van der Waals surface area (Å²) in [4.78, 5) is 26.6. The molecule has 110 valence electrons. The monoisotopic (exact) mass is 307 g/mol. The third-order valence-corrected chi connectivity index (χ3v) is 3.92. The van der Waals surface area contributed by atoms with E-state index in [1.165, 1.54) is 23.5 Å². The number of nitro groups is 1. The molecule has 7 nitrogen and oxygen atoms in total. The summed E-state index contributed by atoms with van der Waals surface area (Å²) in [6.45, 7) is 3.77. The highest BCUT2D eigenvalue weighted by molar-refractivity contribution is 7.11. The lowest BCUT2D eigenvalue weighted by Crippen LogP contribution is -2.09. The van der Waals surface area contributed by atoms with Gasteiger partial charge in [0.05, 0.1) is 16.5 Å². The zero-order valence-corrected chi connectivity index (χ0v) is 12.2. The van der Waals surface area contributed by atoms with Gasteiger partial charge < -0.3 is 10.4 Å². The van der Waals surface area contributed by atoms with E-state index in [1.54, 1.807) is 6.20 Å². The molecule has 0 aliphatic carbocycles. The highest BCUT2D eigenvalue weighted by atomic mass is 32.1. The average molecular weight is 307 g/mol. The lowest BCUT2D eigenvalue weighted by atomic mass is 10.1. The van der Waals surface area contributed by atoms with Gasteiger partial charge in [0.15, 0.2) is 0 Å². The van der Waals surface area contributed by atoms with Crippen molar-refractivity contribution in [1.29, 1.82) is 0 Å². The van der Waals surface area contributed by atoms with E-state index in [-0.39, 0.29) is 23.0 Å². The first kappa shape index (κ1) is 14.9. The van der Waals surface area contributed by atoms with Crippen molar-refractivity contribution in [2.24, 2.45) is 0 Å². The highest BCUT2D eigenvalue weighted by Gasteiger charge is 2.19. The Labute approximate surface area is 124 Å². The lowest BCUT2D eigenvalue weighted by molar-refractivity contribution is -0.384. The van der Waals surface area contributed by atoms with Crippen LogP contribution in [0.15, 0.2) is 24.4 Å². The van der Waals surface area contributed by atoms with Gasteiger partial charge in [0.25, 0.3) is 5.69 Å². The normalized spacial score (nSPS) is 11.9. The number of nitrogens with one attached hydrogen (secondary N) is 1. The fourth-order valence-electron chi connectivity index (χ4n) is 1.81. The van der Waals surface area contributed by atoms with Gasteiger partial charge in [-0.1, -0.05) is 0 Å². The summed E-state index contributed by atoms with van der Waals surface area (Å²) in [5.41, 5.74) is -0.120. The maximum Gasteiger partial charge on any atom is 0.335 e. The number of carboxylic acids is 1. The third kappa shape index (κ3) is 3.34. The van der Waals surface area contributed by atoms with E-state index in [2.05, 4.69) is 10.3 Å². The van der Waals surface area contributed by atoms with Crippen molar-refractivity contribution < 1.29 is 14.8 Å². The molecule has 1 aromatic heterocycles. The van der Waals surface area contributed by atoms with E-state index >= 15 is 0 Å². The van der Waals surface area contributed by atoms with Crippen LogP contribution in [0.5, 0.6) is 0 Å². The van der Waals surface area contributed by atoms with Crippen LogP contribution in [0.3, 0.4) is 0 Å². The molecule has 0 aliphatic heterocycles. The molecule has 1 aromatic carbocycles. The first-order chi connectivity index (χ1) is 9.88. The summed E-state index contributed by atoms with van der Waals surface area (Å²) in [7, 11) is 0. The van der Waals surface area contributed by atoms with Gasteiger partial charge in [-0.3, -0.25) is 10.1 Å². The van der Waals surface area contributed by atoms with Crippen molar-refractivity contribution in [2.75, 3.05) is 5.32 Å². The fraction of sp³-hybridized carbons (Fsp3) is 0.231. The number of carbonyl (C=O) groups is 1. The predicted molar refractivity (Wildman–Crippen MR) is 78.9 cm³/mol. The minimum atomic E-state index is -1.20. The lowest BCUT2D eigenvalue weighted by Gasteiger charge is -2.13. The van der Waals surface area contributed by atoms with Gasteiger partial charge in [0, 0.05) is 17.1 Å². The van der Waals surface area contributed by atoms with Crippen molar-refractivity contribution >= 4 is 28.7 Å². The Balaban J connectivity index is 2.31. The Bertz CT molecular complexity index is 698. The van der Waals surface area contributed by atoms with E-state index in [1.807, 2.05) is 13.8 Å². The molecule has 0 spiro atoms. The zero-order valence-electron chi connectivity index (χ0n) is 11.4. The van der Waals surface area contributed by atoms with Crippen molar-refractivity contribution in [3.8, 4) is 0 Å². The van der Waals surface area contributed by atoms with E-state index in [0.29, 0.717) is 0 Å². The van der Waals surface area contributed by atoms with Crippen molar-refractivity contribution in [2.45, 2.75) is 19.9 Å². The van der Waals surface area contributed by atoms with E-state index < -0.39 is 10.9 Å². The van der Waals surface area contributed by atoms with Crippen LogP contribution in [0.2, 0.25) is 0 Å². The molecule has 1 heterocycles. The van der Waals surface area contributed by atoms with Gasteiger partial charge in [0.2, 0.25) is 0 Å². The molecular weight excluding hydrogens is 294 g/mol. The SMILES string of the molecule is Cc1cnc(C(C)Nc2ccc(C(=O)O)cc2[N+](=O)[O-])s1. The molecular formula is C13H13N3O4S. The van der Waals surface area contributed by atoms with Gasteiger partial charge in [-0.05, 0) is 26.0 Å². The first-order valence-corrected chi connectivity index (χ1v) is 6.90. The molecule has 0 aliphatic rings. The molecule has 0 saturated heterocycles. The van der Waals surface area contributed by atoms with Crippen LogP contribution in [-0.2, 0) is 0 Å². The number of carboxylic acid groups (broad SMARTS) is 1. The van der Waals surface area contributed by atoms with Crippen molar-refractivity contribution in [3.63, 3.8) is 0 Å². The summed E-state index contributed by atoms with van der Waals surface area (Å²) < 4.78 is 0. The molecule has 0 amide bonds. The minimum Gasteiger partial charge on any atom is -0.478 e. The summed E-state index contributed by atoms with van der Waals surface area (Å²) in [5, 5.41) is 23.8. The molecule has 0 bridgehead atoms. The molecule has 2 N–H and O–H groups in total. The smallest absolute Gasteiger partial charge is 0.335 e. The Morgan fingerprint density at radius 3 is 2.76 bits per heavy atom. The summed E-state index contributed by atoms with van der Waals surface area (Å²) in [6.07, 6.45) is 1.74. The number of anilines is 1. The number of hydrogen-bond donors (Lipinski definition) is 2. The molecule has 1 atom stereocenters. The molecule has 0 fully saturated rings. The predicted octanol–water partition coefficient (Wildman–Crippen LogP) is 3.23. The van der Waals surface area contributed by atoms with Gasteiger partial charge in [-0.25, -0.2) is 9.78 Å². The highest BCUT2D eigenvalue weighted by Crippen LogP contribution is 2.30. The molecule has 0 radical (unpaired) electrons. The van der Waals surface area contributed by atoms with E-state index in [4.69, 9.17) is 5.11 Å². The van der Waals surface area contributed by atoms with Crippen LogP contribution in [0.1, 0.15) is 33.2 Å². The maximum atomic E-state index is 11.1. The second-order valence-corrected chi connectivity index (χ2v) is 5.74. The summed E-state index contributed by atoms with van der Waals surface area (Å²) in [5.74, 6) is -1.20. The minimum absolute atomic E-state index is 0.120. The first-order valence-electron chi connectivity index (χ1n) is 6.09. The van der Waals surface area contributed by atoms with Crippen molar-refractivity contribution in [3.05, 3.63) is 50.0 Å². The van der Waals surface area contributed by atoms with Crippen LogP contribution in [0.25, 0.3) is 0 Å². The standard InChI is InChI=1S/C13H13N3O4S/c1-7-6-14-12(21-7)8(2)15-10-4-3-9(13(17)18)5-11(10)16(19)20/h3-6,8,15H,1-2H3,(H,17,18). The van der Waals surface area contributed by atoms with Crippen LogP contribution in [0.4, 0.5) is 11.4 Å². The van der Waals surface area contributed by atoms with Crippen LogP contribution in [0, 0.1) is 17.0 Å². The number of rotatable bonds is 5. The molecule has 21 heavy (non-hydrogen) atoms. The zero-order chi connectivity index (χ0) is 15.6. The quantitative estimate of drug-likeness (QED) is 0.649. The third-order valence-electron chi connectivity index (χ3n) is 2.82. The molecule has 8 heteroatoms. The number of thiazole rings is 1. The number of benzene rings is 1. The number of nitro benzene ring substituents is 1. The van der Waals surface area contributed by atoms with Crippen LogP contribution in [-0.4, -0.2) is 21.0 Å². The summed E-state index contributed by atoms with van der Waals surface area (Å²) in [6, 6.07) is 3.57. The Morgan fingerprint density at radius 1 is 1.52 bits per heavy atom. The second kappa shape index (κ2) is 5.88. The average Bonchev–Trinajstić information content (AvgIpc) is 2.85. The van der Waals surface area contributed by atoms with Gasteiger partial charge in [-0.2, -0.15) is 0 Å². The largest absolute Gasteiger partial charge is 0.478 e. The van der Waals surface area contributed by atoms with Gasteiger partial charge >= 0.3 is 5.97 Å².